The Hall–Kier alpha value is -1.37. The molecule has 0 aliphatic heterocycles. The van der Waals surface area contributed by atoms with Gasteiger partial charge in [-0.05, 0) is 27.2 Å². The first kappa shape index (κ1) is 15.7. The Morgan fingerprint density at radius 3 is 2.32 bits per heavy atom. The number of hydrogen-bond donors (Lipinski definition) is 1. The van der Waals surface area contributed by atoms with Crippen molar-refractivity contribution < 1.29 is 8.42 Å². The molecule has 1 heterocycles. The molecule has 0 unspecified atom stereocenters. The van der Waals surface area contributed by atoms with E-state index in [0.717, 1.165) is 0 Å². The summed E-state index contributed by atoms with van der Waals surface area (Å²) in [5.41, 5.74) is -0.526. The van der Waals surface area contributed by atoms with Crippen LogP contribution in [0.1, 0.15) is 33.3 Å². The number of nitrogens with one attached hydrogen (secondary N) is 1. The highest BCUT2D eigenvalue weighted by Crippen LogP contribution is 2.15. The third-order valence-electron chi connectivity index (χ3n) is 3.00. The zero-order valence-electron chi connectivity index (χ0n) is 11.7. The molecule has 108 valence electrons. The lowest BCUT2D eigenvalue weighted by atomic mass is 10.3. The summed E-state index contributed by atoms with van der Waals surface area (Å²) in [6.07, 6.45) is 1.92. The van der Waals surface area contributed by atoms with Gasteiger partial charge in [-0.2, -0.15) is 0 Å². The number of rotatable bonds is 4. The molecule has 1 rings (SSSR count). The predicted octanol–water partition coefficient (Wildman–Crippen LogP) is 0.312. The minimum Gasteiger partial charge on any atom is -0.299 e. The van der Waals surface area contributed by atoms with Gasteiger partial charge in [-0.3, -0.25) is 14.3 Å². The quantitative estimate of drug-likeness (QED) is 0.863. The van der Waals surface area contributed by atoms with Crippen molar-refractivity contribution in [1.29, 1.82) is 0 Å². The lowest BCUT2D eigenvalue weighted by Gasteiger charge is -2.19. The van der Waals surface area contributed by atoms with Gasteiger partial charge in [0, 0.05) is 18.3 Å². The molecule has 1 aromatic rings. The lowest BCUT2D eigenvalue weighted by Crippen LogP contribution is -2.36. The Kier molecular flexibility index (Phi) is 4.39. The molecule has 1 N–H and O–H groups in total. The van der Waals surface area contributed by atoms with E-state index < -0.39 is 25.8 Å². The smallest absolute Gasteiger partial charge is 0.299 e. The zero-order valence-corrected chi connectivity index (χ0v) is 12.5. The normalized spacial score (nSPS) is 12.6. The van der Waals surface area contributed by atoms with Gasteiger partial charge in [0.05, 0.1) is 10.5 Å². The predicted molar refractivity (Wildman–Crippen MR) is 74.2 cm³/mol. The van der Waals surface area contributed by atoms with E-state index in [1.165, 1.54) is 10.8 Å². The molecule has 0 atom stereocenters. The number of aromatic nitrogens is 2. The van der Waals surface area contributed by atoms with E-state index in [-0.39, 0.29) is 12.3 Å². The number of hydrogen-bond acceptors (Lipinski definition) is 4. The van der Waals surface area contributed by atoms with Gasteiger partial charge in [0.15, 0.2) is 9.84 Å². The summed E-state index contributed by atoms with van der Waals surface area (Å²) in [6.45, 7) is 6.70. The van der Waals surface area contributed by atoms with Crippen LogP contribution in [0.2, 0.25) is 0 Å². The Labute approximate surface area is 112 Å². The SMILES string of the molecule is CCc1cn(CCS(=O)(=O)C(C)(C)C)c(=O)[nH]c1=O. The Bertz CT molecular complexity index is 662. The fourth-order valence-corrected chi connectivity index (χ4v) is 2.55. The van der Waals surface area contributed by atoms with Crippen molar-refractivity contribution in [2.45, 2.75) is 45.4 Å². The molecule has 1 aromatic heterocycles. The molecular formula is C12H20N2O4S. The van der Waals surface area contributed by atoms with Gasteiger partial charge >= 0.3 is 5.69 Å². The first-order valence-corrected chi connectivity index (χ1v) is 7.78. The van der Waals surface area contributed by atoms with Crippen molar-refractivity contribution in [2.75, 3.05) is 5.75 Å². The average Bonchev–Trinajstić information content (AvgIpc) is 2.26. The Morgan fingerprint density at radius 1 is 1.26 bits per heavy atom. The summed E-state index contributed by atoms with van der Waals surface area (Å²) in [4.78, 5) is 25.2. The zero-order chi connectivity index (χ0) is 14.8. The summed E-state index contributed by atoms with van der Waals surface area (Å²) in [5, 5.41) is 0. The van der Waals surface area contributed by atoms with E-state index in [9.17, 15) is 18.0 Å². The second-order valence-electron chi connectivity index (χ2n) is 5.39. The van der Waals surface area contributed by atoms with Crippen LogP contribution in [-0.2, 0) is 22.8 Å². The summed E-state index contributed by atoms with van der Waals surface area (Å²) in [5.74, 6) is -0.133. The van der Waals surface area contributed by atoms with Gasteiger partial charge in [0.2, 0.25) is 0 Å². The first-order valence-electron chi connectivity index (χ1n) is 6.13. The first-order chi connectivity index (χ1) is 8.58. The highest BCUT2D eigenvalue weighted by Gasteiger charge is 2.28. The van der Waals surface area contributed by atoms with Crippen LogP contribution in [0.15, 0.2) is 15.8 Å². The van der Waals surface area contributed by atoms with Gasteiger partial charge in [-0.15, -0.1) is 0 Å². The molecule has 0 saturated carbocycles. The molecule has 6 nitrogen and oxygen atoms in total. The molecule has 0 spiro atoms. The minimum atomic E-state index is -3.29. The molecular weight excluding hydrogens is 268 g/mol. The maximum absolute atomic E-state index is 12.0. The minimum absolute atomic E-state index is 0.0439. The molecule has 0 aliphatic carbocycles. The van der Waals surface area contributed by atoms with E-state index in [4.69, 9.17) is 0 Å². The van der Waals surface area contributed by atoms with Crippen LogP contribution in [0, 0.1) is 0 Å². The standard InChI is InChI=1S/C12H20N2O4S/c1-5-9-8-14(11(16)13-10(9)15)6-7-19(17,18)12(2,3)4/h8H,5-7H2,1-4H3,(H,13,15,16). The van der Waals surface area contributed by atoms with Gasteiger partial charge < -0.3 is 0 Å². The summed E-state index contributed by atoms with van der Waals surface area (Å²) in [6, 6.07) is 0. The van der Waals surface area contributed by atoms with Gasteiger partial charge in [-0.25, -0.2) is 13.2 Å². The van der Waals surface area contributed by atoms with E-state index in [1.54, 1.807) is 27.7 Å². The van der Waals surface area contributed by atoms with Crippen LogP contribution in [0.25, 0.3) is 0 Å². The second-order valence-corrected chi connectivity index (χ2v) is 8.25. The third kappa shape index (κ3) is 3.56. The molecule has 0 radical (unpaired) electrons. The number of H-pyrrole nitrogens is 1. The lowest BCUT2D eigenvalue weighted by molar-refractivity contribution is 0.551. The molecule has 0 bridgehead atoms. The van der Waals surface area contributed by atoms with Crippen LogP contribution < -0.4 is 11.2 Å². The maximum Gasteiger partial charge on any atom is 0.328 e. The second kappa shape index (κ2) is 5.32. The fraction of sp³-hybridized carbons (Fsp3) is 0.667. The van der Waals surface area contributed by atoms with E-state index in [0.29, 0.717) is 12.0 Å². The average molecular weight is 288 g/mol. The number of nitrogens with zero attached hydrogens (tertiary/aromatic N) is 1. The molecule has 0 aromatic carbocycles. The maximum atomic E-state index is 12.0. The van der Waals surface area contributed by atoms with Crippen molar-refractivity contribution in [3.8, 4) is 0 Å². The van der Waals surface area contributed by atoms with Crippen molar-refractivity contribution in [3.05, 3.63) is 32.6 Å². The van der Waals surface area contributed by atoms with Crippen molar-refractivity contribution in [3.63, 3.8) is 0 Å². The van der Waals surface area contributed by atoms with Gasteiger partial charge in [-0.1, -0.05) is 6.92 Å². The topological polar surface area (TPSA) is 89.0 Å². The summed E-state index contributed by atoms with van der Waals surface area (Å²) in [7, 11) is -3.29. The van der Waals surface area contributed by atoms with Gasteiger partial charge in [0.1, 0.15) is 0 Å². The fourth-order valence-electron chi connectivity index (χ4n) is 1.50. The van der Waals surface area contributed by atoms with Crippen molar-refractivity contribution in [2.24, 2.45) is 0 Å². The molecule has 0 amide bonds. The van der Waals surface area contributed by atoms with Gasteiger partial charge in [0.25, 0.3) is 5.56 Å². The van der Waals surface area contributed by atoms with Crippen LogP contribution in [-0.4, -0.2) is 28.5 Å². The Morgan fingerprint density at radius 2 is 1.84 bits per heavy atom. The van der Waals surface area contributed by atoms with Crippen LogP contribution in [0.3, 0.4) is 0 Å². The number of sulfone groups is 1. The highest BCUT2D eigenvalue weighted by atomic mass is 32.2. The van der Waals surface area contributed by atoms with Crippen LogP contribution in [0.4, 0.5) is 0 Å². The molecule has 7 heteroatoms. The van der Waals surface area contributed by atoms with Crippen LogP contribution in [0.5, 0.6) is 0 Å². The third-order valence-corrected chi connectivity index (χ3v) is 5.59. The van der Waals surface area contributed by atoms with Crippen LogP contribution >= 0.6 is 0 Å². The summed E-state index contributed by atoms with van der Waals surface area (Å²) < 4.78 is 24.3. The Balaban J connectivity index is 3.03. The molecule has 0 saturated heterocycles. The van der Waals surface area contributed by atoms with Crippen molar-refractivity contribution >= 4 is 9.84 Å². The highest BCUT2D eigenvalue weighted by molar-refractivity contribution is 7.92. The molecule has 19 heavy (non-hydrogen) atoms. The van der Waals surface area contributed by atoms with E-state index >= 15 is 0 Å². The van der Waals surface area contributed by atoms with E-state index in [1.807, 2.05) is 0 Å². The summed E-state index contributed by atoms with van der Waals surface area (Å²) >= 11 is 0. The van der Waals surface area contributed by atoms with E-state index in [2.05, 4.69) is 4.98 Å². The molecule has 0 aliphatic rings. The molecule has 0 fully saturated rings. The monoisotopic (exact) mass is 288 g/mol. The number of aryl methyl sites for hydroxylation is 2. The largest absolute Gasteiger partial charge is 0.328 e. The number of aromatic amines is 1. The van der Waals surface area contributed by atoms with Crippen molar-refractivity contribution in [1.82, 2.24) is 9.55 Å².